The molecule has 0 radical (unpaired) electrons. The van der Waals surface area contributed by atoms with Crippen LogP contribution in [0.15, 0.2) is 78.0 Å². The van der Waals surface area contributed by atoms with Crippen LogP contribution in [-0.4, -0.2) is 57.7 Å². The highest BCUT2D eigenvalue weighted by atomic mass is 35.5. The molecule has 2 aromatic heterocycles. The van der Waals surface area contributed by atoms with Crippen LogP contribution in [0.3, 0.4) is 0 Å². The molecule has 0 amide bonds. The van der Waals surface area contributed by atoms with E-state index in [1.54, 1.807) is 37.6 Å². The van der Waals surface area contributed by atoms with E-state index in [0.717, 1.165) is 43.4 Å². The number of aliphatic hydroxyl groups is 1. The summed E-state index contributed by atoms with van der Waals surface area (Å²) in [5.74, 6) is 1.72. The monoisotopic (exact) mass is 534 g/mol. The second-order valence-electron chi connectivity index (χ2n) is 9.25. The number of aromatic nitrogens is 4. The van der Waals surface area contributed by atoms with Crippen molar-refractivity contribution in [3.8, 4) is 11.4 Å². The van der Waals surface area contributed by atoms with Crippen LogP contribution in [0, 0.1) is 0 Å². The number of halogens is 1. The zero-order valence-electron chi connectivity index (χ0n) is 21.4. The summed E-state index contributed by atoms with van der Waals surface area (Å²) < 4.78 is 8.15. The van der Waals surface area contributed by atoms with Crippen LogP contribution in [-0.2, 0) is 0 Å². The van der Waals surface area contributed by atoms with Crippen LogP contribution in [0.2, 0.25) is 5.02 Å². The minimum atomic E-state index is -0.894. The molecule has 0 saturated carbocycles. The second-order valence-corrected chi connectivity index (χ2v) is 9.69. The number of nitrogens with zero attached hydrogens (tertiary/aromatic N) is 6. The van der Waals surface area contributed by atoms with Gasteiger partial charge < -0.3 is 19.6 Å². The number of benzene rings is 2. The molecule has 0 aliphatic carbocycles. The molecular weight excluding hydrogens is 504 g/mol. The maximum atomic E-state index is 13.2. The van der Waals surface area contributed by atoms with Crippen LogP contribution < -0.4 is 20.2 Å². The molecule has 0 spiro atoms. The first-order valence-electron chi connectivity index (χ1n) is 12.7. The standard InChI is InChI=1S/C28H31ClN6O3/c1-3-25(27(36)20-7-9-21(29)10-8-20)35-28(37)34(19-31-35)23-11-12-26(30-18-23)33-15-13-32(14-16-33)22-5-4-6-24(17-22)38-2/h4-12,17-19,25,27,36H,3,13-16H2,1-2H3/t25?,27-/m1/s1. The molecule has 2 atom stereocenters. The Kier molecular flexibility index (Phi) is 7.67. The van der Waals surface area contributed by atoms with Crippen LogP contribution in [0.1, 0.15) is 31.1 Å². The van der Waals surface area contributed by atoms with E-state index in [0.29, 0.717) is 22.7 Å². The molecular formula is C28H31ClN6O3. The normalized spacial score (nSPS) is 15.4. The van der Waals surface area contributed by atoms with Gasteiger partial charge in [0.2, 0.25) is 0 Å². The quantitative estimate of drug-likeness (QED) is 0.364. The van der Waals surface area contributed by atoms with E-state index in [4.69, 9.17) is 16.3 Å². The second kappa shape index (κ2) is 11.3. The Morgan fingerprint density at radius 1 is 1.00 bits per heavy atom. The predicted molar refractivity (Wildman–Crippen MR) is 149 cm³/mol. The number of hydrogen-bond acceptors (Lipinski definition) is 7. The van der Waals surface area contributed by atoms with E-state index in [9.17, 15) is 9.90 Å². The molecule has 198 valence electrons. The van der Waals surface area contributed by atoms with Crippen molar-refractivity contribution in [3.05, 3.63) is 94.3 Å². The fourth-order valence-corrected chi connectivity index (χ4v) is 4.97. The molecule has 1 fully saturated rings. The Bertz CT molecular complexity index is 1410. The Hall–Kier alpha value is -3.82. The summed E-state index contributed by atoms with van der Waals surface area (Å²) in [6.07, 6.45) is 2.80. The highest BCUT2D eigenvalue weighted by Gasteiger charge is 2.25. The fourth-order valence-electron chi connectivity index (χ4n) is 4.84. The van der Waals surface area contributed by atoms with Gasteiger partial charge in [0.05, 0.1) is 25.0 Å². The van der Waals surface area contributed by atoms with Gasteiger partial charge in [0.15, 0.2) is 0 Å². The first kappa shape index (κ1) is 25.8. The van der Waals surface area contributed by atoms with Crippen molar-refractivity contribution in [1.29, 1.82) is 0 Å². The fraction of sp³-hybridized carbons (Fsp3) is 0.321. The average molecular weight is 535 g/mol. The lowest BCUT2D eigenvalue weighted by molar-refractivity contribution is 0.101. The van der Waals surface area contributed by atoms with E-state index in [1.807, 2.05) is 31.2 Å². The number of methoxy groups -OCH3 is 1. The van der Waals surface area contributed by atoms with Crippen molar-refractivity contribution in [2.24, 2.45) is 0 Å². The van der Waals surface area contributed by atoms with Crippen LogP contribution in [0.4, 0.5) is 11.5 Å². The van der Waals surface area contributed by atoms with Crippen LogP contribution in [0.5, 0.6) is 5.75 Å². The van der Waals surface area contributed by atoms with E-state index in [2.05, 4.69) is 32.0 Å². The van der Waals surface area contributed by atoms with Gasteiger partial charge >= 0.3 is 5.69 Å². The summed E-state index contributed by atoms with van der Waals surface area (Å²) >= 11 is 5.98. The lowest BCUT2D eigenvalue weighted by Crippen LogP contribution is -2.46. The summed E-state index contributed by atoms with van der Waals surface area (Å²) in [5.41, 5.74) is 2.12. The van der Waals surface area contributed by atoms with Crippen LogP contribution in [0.25, 0.3) is 5.69 Å². The number of hydrogen-bond donors (Lipinski definition) is 1. The van der Waals surface area contributed by atoms with E-state index in [-0.39, 0.29) is 5.69 Å². The summed E-state index contributed by atoms with van der Waals surface area (Å²) in [6.45, 7) is 5.33. The molecule has 9 nitrogen and oxygen atoms in total. The van der Waals surface area contributed by atoms with Gasteiger partial charge in [-0.15, -0.1) is 0 Å². The highest BCUT2D eigenvalue weighted by Crippen LogP contribution is 2.29. The Morgan fingerprint density at radius 2 is 1.74 bits per heavy atom. The van der Waals surface area contributed by atoms with Gasteiger partial charge in [0, 0.05) is 43.0 Å². The summed E-state index contributed by atoms with van der Waals surface area (Å²) in [5, 5.41) is 15.9. The topological polar surface area (TPSA) is 88.7 Å². The summed E-state index contributed by atoms with van der Waals surface area (Å²) in [4.78, 5) is 22.5. The lowest BCUT2D eigenvalue weighted by atomic mass is 10.0. The van der Waals surface area contributed by atoms with E-state index < -0.39 is 12.1 Å². The molecule has 1 saturated heterocycles. The number of piperazine rings is 1. The molecule has 5 rings (SSSR count). The number of ether oxygens (including phenoxy) is 1. The van der Waals surface area contributed by atoms with Crippen molar-refractivity contribution >= 4 is 23.1 Å². The van der Waals surface area contributed by atoms with E-state index in [1.165, 1.54) is 15.6 Å². The molecule has 2 aromatic carbocycles. The van der Waals surface area contributed by atoms with E-state index >= 15 is 0 Å². The van der Waals surface area contributed by atoms with Crippen LogP contribution >= 0.6 is 11.6 Å². The van der Waals surface area contributed by atoms with Gasteiger partial charge in [-0.3, -0.25) is 0 Å². The van der Waals surface area contributed by atoms with Gasteiger partial charge in [0.25, 0.3) is 0 Å². The predicted octanol–water partition coefficient (Wildman–Crippen LogP) is 4.10. The Labute approximate surface area is 226 Å². The Balaban J connectivity index is 1.27. The maximum absolute atomic E-state index is 13.2. The number of rotatable bonds is 8. The van der Waals surface area contributed by atoms with Crippen molar-refractivity contribution in [3.63, 3.8) is 0 Å². The molecule has 0 bridgehead atoms. The number of aliphatic hydroxyl groups excluding tert-OH is 1. The van der Waals surface area contributed by atoms with Gasteiger partial charge in [0.1, 0.15) is 24.0 Å². The third-order valence-electron chi connectivity index (χ3n) is 7.03. The molecule has 1 N–H and O–H groups in total. The van der Waals surface area contributed by atoms with Crippen molar-refractivity contribution in [2.45, 2.75) is 25.5 Å². The SMILES string of the molecule is CCC([C@H](O)c1ccc(Cl)cc1)n1ncn(-c2ccc(N3CCN(c4cccc(OC)c4)CC3)nc2)c1=O. The molecule has 1 aliphatic rings. The van der Waals surface area contributed by atoms with Crippen molar-refractivity contribution < 1.29 is 9.84 Å². The molecule has 3 heterocycles. The zero-order valence-corrected chi connectivity index (χ0v) is 22.2. The highest BCUT2D eigenvalue weighted by molar-refractivity contribution is 6.30. The first-order chi connectivity index (χ1) is 18.5. The third kappa shape index (κ3) is 5.25. The molecule has 1 aliphatic heterocycles. The van der Waals surface area contributed by atoms with Crippen molar-refractivity contribution in [1.82, 2.24) is 19.3 Å². The van der Waals surface area contributed by atoms with Gasteiger partial charge in [-0.1, -0.05) is 36.7 Å². The number of anilines is 2. The average Bonchev–Trinajstić information content (AvgIpc) is 3.34. The third-order valence-corrected chi connectivity index (χ3v) is 7.29. The Morgan fingerprint density at radius 3 is 2.39 bits per heavy atom. The van der Waals surface area contributed by atoms with Gasteiger partial charge in [-0.05, 0) is 48.4 Å². The maximum Gasteiger partial charge on any atom is 0.350 e. The summed E-state index contributed by atoms with van der Waals surface area (Å²) in [7, 11) is 1.68. The molecule has 38 heavy (non-hydrogen) atoms. The lowest BCUT2D eigenvalue weighted by Gasteiger charge is -2.36. The van der Waals surface area contributed by atoms with Crippen molar-refractivity contribution in [2.75, 3.05) is 43.1 Å². The first-order valence-corrected chi connectivity index (χ1v) is 13.1. The van der Waals surface area contributed by atoms with Gasteiger partial charge in [-0.2, -0.15) is 5.10 Å². The molecule has 4 aromatic rings. The summed E-state index contributed by atoms with van der Waals surface area (Å²) in [6, 6.07) is 18.4. The zero-order chi connectivity index (χ0) is 26.6. The molecule has 1 unspecified atom stereocenters. The van der Waals surface area contributed by atoms with Gasteiger partial charge in [-0.25, -0.2) is 19.0 Å². The largest absolute Gasteiger partial charge is 0.497 e. The molecule has 10 heteroatoms. The smallest absolute Gasteiger partial charge is 0.350 e. The minimum absolute atomic E-state index is 0.327. The number of pyridine rings is 1. The minimum Gasteiger partial charge on any atom is -0.497 e.